The summed E-state index contributed by atoms with van der Waals surface area (Å²) in [4.78, 5) is 11.6. The van der Waals surface area contributed by atoms with Gasteiger partial charge in [-0.2, -0.15) is 4.98 Å². The number of furan rings is 1. The fourth-order valence-corrected chi connectivity index (χ4v) is 4.46. The van der Waals surface area contributed by atoms with Crippen LogP contribution in [0.1, 0.15) is 31.7 Å². The minimum atomic E-state index is 0.450. The highest BCUT2D eigenvalue weighted by Gasteiger charge is 2.23. The van der Waals surface area contributed by atoms with Gasteiger partial charge in [0.25, 0.3) is 0 Å². The number of hydrogen-bond donors (Lipinski definition) is 2. The summed E-state index contributed by atoms with van der Waals surface area (Å²) in [5, 5.41) is 7.43. The Kier molecular flexibility index (Phi) is 6.96. The minimum absolute atomic E-state index is 0.450. The first-order chi connectivity index (χ1) is 15.4. The van der Waals surface area contributed by atoms with Crippen molar-refractivity contribution in [3.05, 3.63) is 58.9 Å². The Bertz CT molecular complexity index is 1070. The Morgan fingerprint density at radius 1 is 1.12 bits per heavy atom. The van der Waals surface area contributed by atoms with Crippen LogP contribution in [0.15, 0.2) is 46.9 Å². The van der Waals surface area contributed by atoms with E-state index in [2.05, 4.69) is 34.4 Å². The van der Waals surface area contributed by atoms with Gasteiger partial charge in [0.2, 0.25) is 5.95 Å². The number of rotatable bonds is 5. The summed E-state index contributed by atoms with van der Waals surface area (Å²) in [6, 6.07) is 13.5. The monoisotopic (exact) mass is 469 g/mol. The van der Waals surface area contributed by atoms with Crippen LogP contribution in [0.3, 0.4) is 0 Å². The van der Waals surface area contributed by atoms with Crippen LogP contribution in [0.25, 0.3) is 11.3 Å². The summed E-state index contributed by atoms with van der Waals surface area (Å²) >= 11 is 11.4. The van der Waals surface area contributed by atoms with E-state index in [4.69, 9.17) is 33.2 Å². The van der Waals surface area contributed by atoms with Crippen LogP contribution >= 0.6 is 23.8 Å². The summed E-state index contributed by atoms with van der Waals surface area (Å²) in [6.07, 6.45) is 1.26. The standard InChI is InChI=1S/C24H28ClN5OS/c1-15-10-16(2)14-30(13-15)22-11-17(3)27-23(28-22)29-24(32)26-12-20-8-9-21(31-20)18-4-6-19(25)7-5-18/h4-9,11,15-16H,10,12-14H2,1-3H3,(H2,26,27,28,29,32). The number of aryl methyl sites for hydroxylation is 1. The van der Waals surface area contributed by atoms with Gasteiger partial charge in [-0.05, 0) is 73.8 Å². The van der Waals surface area contributed by atoms with Gasteiger partial charge in [0.1, 0.15) is 17.3 Å². The summed E-state index contributed by atoms with van der Waals surface area (Å²) in [5.74, 6) is 4.32. The Labute approximate surface area is 199 Å². The molecule has 0 spiro atoms. The molecule has 0 radical (unpaired) electrons. The lowest BCUT2D eigenvalue weighted by atomic mass is 9.92. The molecule has 3 heterocycles. The molecule has 168 valence electrons. The Morgan fingerprint density at radius 3 is 2.56 bits per heavy atom. The lowest BCUT2D eigenvalue weighted by Gasteiger charge is -2.36. The second-order valence-electron chi connectivity index (χ2n) is 8.62. The smallest absolute Gasteiger partial charge is 0.231 e. The van der Waals surface area contributed by atoms with Gasteiger partial charge in [0, 0.05) is 35.4 Å². The van der Waals surface area contributed by atoms with Crippen molar-refractivity contribution in [2.24, 2.45) is 11.8 Å². The second-order valence-corrected chi connectivity index (χ2v) is 9.47. The van der Waals surface area contributed by atoms with Crippen LogP contribution in [0.5, 0.6) is 0 Å². The van der Waals surface area contributed by atoms with Crippen LogP contribution < -0.4 is 15.5 Å². The number of aromatic nitrogens is 2. The van der Waals surface area contributed by atoms with Gasteiger partial charge in [0.15, 0.2) is 5.11 Å². The average Bonchev–Trinajstić information content (AvgIpc) is 3.21. The maximum absolute atomic E-state index is 5.96. The van der Waals surface area contributed by atoms with Crippen LogP contribution in [0.4, 0.5) is 11.8 Å². The molecule has 2 atom stereocenters. The van der Waals surface area contributed by atoms with Gasteiger partial charge in [-0.3, -0.25) is 0 Å². The molecule has 0 amide bonds. The highest BCUT2D eigenvalue weighted by molar-refractivity contribution is 7.80. The molecule has 1 saturated heterocycles. The maximum Gasteiger partial charge on any atom is 0.231 e. The SMILES string of the molecule is Cc1cc(N2CC(C)CC(C)C2)nc(NC(=S)NCc2ccc(-c3ccc(Cl)cc3)o2)n1. The molecule has 2 unspecified atom stereocenters. The van der Waals surface area contributed by atoms with Gasteiger partial charge < -0.3 is 20.0 Å². The number of nitrogens with one attached hydrogen (secondary N) is 2. The fourth-order valence-electron chi connectivity index (χ4n) is 4.18. The molecule has 3 aromatic rings. The van der Waals surface area contributed by atoms with Gasteiger partial charge in [-0.15, -0.1) is 0 Å². The summed E-state index contributed by atoms with van der Waals surface area (Å²) < 4.78 is 5.92. The van der Waals surface area contributed by atoms with E-state index in [-0.39, 0.29) is 0 Å². The first-order valence-electron chi connectivity index (χ1n) is 10.9. The molecule has 0 saturated carbocycles. The van der Waals surface area contributed by atoms with E-state index in [9.17, 15) is 0 Å². The Balaban J connectivity index is 1.36. The molecule has 2 aromatic heterocycles. The Hall–Kier alpha value is -2.64. The van der Waals surface area contributed by atoms with Crippen molar-refractivity contribution in [1.82, 2.24) is 15.3 Å². The molecule has 4 rings (SSSR count). The molecule has 1 aliphatic rings. The van der Waals surface area contributed by atoms with Crippen LogP contribution in [-0.4, -0.2) is 28.2 Å². The number of hydrogen-bond acceptors (Lipinski definition) is 5. The molecule has 6 nitrogen and oxygen atoms in total. The molecular weight excluding hydrogens is 442 g/mol. The van der Waals surface area contributed by atoms with E-state index in [0.29, 0.717) is 34.5 Å². The molecule has 2 N–H and O–H groups in total. The number of piperidine rings is 1. The third-order valence-corrected chi connectivity index (χ3v) is 5.97. The number of nitrogens with zero attached hydrogens (tertiary/aromatic N) is 3. The van der Waals surface area contributed by atoms with Crippen molar-refractivity contribution in [3.8, 4) is 11.3 Å². The van der Waals surface area contributed by atoms with Crippen molar-refractivity contribution in [1.29, 1.82) is 0 Å². The van der Waals surface area contributed by atoms with Crippen molar-refractivity contribution < 1.29 is 4.42 Å². The van der Waals surface area contributed by atoms with Crippen LogP contribution in [-0.2, 0) is 6.54 Å². The van der Waals surface area contributed by atoms with Gasteiger partial charge >= 0.3 is 0 Å². The number of benzene rings is 1. The molecule has 32 heavy (non-hydrogen) atoms. The van der Waals surface area contributed by atoms with Crippen LogP contribution in [0.2, 0.25) is 5.02 Å². The van der Waals surface area contributed by atoms with Gasteiger partial charge in [-0.1, -0.05) is 25.4 Å². The summed E-state index contributed by atoms with van der Waals surface area (Å²) in [6.45, 7) is 9.04. The molecule has 0 aliphatic carbocycles. The lowest BCUT2D eigenvalue weighted by molar-refractivity contribution is 0.355. The number of thiocarbonyl (C=S) groups is 1. The van der Waals surface area contributed by atoms with Crippen molar-refractivity contribution in [2.75, 3.05) is 23.3 Å². The Morgan fingerprint density at radius 2 is 1.84 bits per heavy atom. The first-order valence-corrected chi connectivity index (χ1v) is 11.6. The predicted molar refractivity (Wildman–Crippen MR) is 134 cm³/mol. The molecular formula is C24H28ClN5OS. The third kappa shape index (κ3) is 5.78. The number of anilines is 2. The lowest BCUT2D eigenvalue weighted by Crippen LogP contribution is -2.39. The normalized spacial score (nSPS) is 18.4. The highest BCUT2D eigenvalue weighted by Crippen LogP contribution is 2.26. The predicted octanol–water partition coefficient (Wildman–Crippen LogP) is 5.67. The minimum Gasteiger partial charge on any atom is -0.459 e. The molecule has 0 bridgehead atoms. The first kappa shape index (κ1) is 22.6. The second kappa shape index (κ2) is 9.88. The van der Waals surface area contributed by atoms with E-state index >= 15 is 0 Å². The highest BCUT2D eigenvalue weighted by atomic mass is 35.5. The largest absolute Gasteiger partial charge is 0.459 e. The molecule has 1 fully saturated rings. The molecule has 8 heteroatoms. The van der Waals surface area contributed by atoms with Gasteiger partial charge in [0.05, 0.1) is 6.54 Å². The van der Waals surface area contributed by atoms with Gasteiger partial charge in [-0.25, -0.2) is 4.98 Å². The van der Waals surface area contributed by atoms with E-state index in [1.165, 1.54) is 6.42 Å². The van der Waals surface area contributed by atoms with Crippen molar-refractivity contribution >= 4 is 40.7 Å². The van der Waals surface area contributed by atoms with E-state index < -0.39 is 0 Å². The quantitative estimate of drug-likeness (QED) is 0.467. The topological polar surface area (TPSA) is 66.2 Å². The van der Waals surface area contributed by atoms with Crippen LogP contribution in [0, 0.1) is 18.8 Å². The zero-order valence-corrected chi connectivity index (χ0v) is 20.1. The fraction of sp³-hybridized carbons (Fsp3) is 0.375. The molecule has 1 aromatic carbocycles. The van der Waals surface area contributed by atoms with E-state index in [1.54, 1.807) is 0 Å². The van der Waals surface area contributed by atoms with E-state index in [0.717, 1.165) is 41.7 Å². The average molecular weight is 470 g/mol. The molecule has 1 aliphatic heterocycles. The zero-order valence-electron chi connectivity index (χ0n) is 18.6. The number of halogens is 1. The van der Waals surface area contributed by atoms with Crippen molar-refractivity contribution in [2.45, 2.75) is 33.7 Å². The maximum atomic E-state index is 5.96. The summed E-state index contributed by atoms with van der Waals surface area (Å²) in [7, 11) is 0. The van der Waals surface area contributed by atoms with E-state index in [1.807, 2.05) is 49.4 Å². The van der Waals surface area contributed by atoms with Crippen molar-refractivity contribution in [3.63, 3.8) is 0 Å². The third-order valence-electron chi connectivity index (χ3n) is 5.47. The summed E-state index contributed by atoms with van der Waals surface area (Å²) in [5.41, 5.74) is 1.88. The zero-order chi connectivity index (χ0) is 22.7.